The monoisotopic (exact) mass is 494 g/mol. The SMILES string of the molecule is CSC(SC)=C(C#N)C(=O)N/N=C(\C)c1ccc(NS(=O)(=O)c2ccc(Cl)cc2)cc1. The van der Waals surface area contributed by atoms with Crippen LogP contribution >= 0.6 is 35.1 Å². The third-order valence-corrected chi connectivity index (χ3v) is 7.72. The number of carbonyl (C=O) groups excluding carboxylic acids is 1. The number of hydrogen-bond donors (Lipinski definition) is 2. The highest BCUT2D eigenvalue weighted by Crippen LogP contribution is 2.27. The summed E-state index contributed by atoms with van der Waals surface area (Å²) >= 11 is 8.43. The van der Waals surface area contributed by atoms with Crippen molar-refractivity contribution in [2.45, 2.75) is 11.8 Å². The summed E-state index contributed by atoms with van der Waals surface area (Å²) in [6.45, 7) is 1.69. The molecule has 0 fully saturated rings. The number of hydrazone groups is 1. The van der Waals surface area contributed by atoms with Gasteiger partial charge in [0, 0.05) is 10.7 Å². The Kier molecular flexibility index (Phi) is 9.00. The van der Waals surface area contributed by atoms with Crippen molar-refractivity contribution in [3.63, 3.8) is 0 Å². The standard InChI is InChI=1S/C20H19ClN4O3S3/c1-13(23-24-19(26)18(12-22)20(29-2)30-3)14-4-8-16(9-5-14)25-31(27,28)17-10-6-15(21)7-11-17/h4-11,25H,1-3H3,(H,24,26)/b23-13+. The normalized spacial score (nSPS) is 11.4. The second-order valence-electron chi connectivity index (χ2n) is 5.96. The highest BCUT2D eigenvalue weighted by molar-refractivity contribution is 8.21. The lowest BCUT2D eigenvalue weighted by Crippen LogP contribution is -2.21. The van der Waals surface area contributed by atoms with Crippen molar-refractivity contribution >= 4 is 62.5 Å². The summed E-state index contributed by atoms with van der Waals surface area (Å²) in [7, 11) is -3.75. The van der Waals surface area contributed by atoms with Crippen LogP contribution in [0.4, 0.5) is 5.69 Å². The molecule has 2 aromatic carbocycles. The first kappa shape index (κ1) is 24.8. The number of nitrogens with one attached hydrogen (secondary N) is 2. The predicted octanol–water partition coefficient (Wildman–Crippen LogP) is 4.44. The van der Waals surface area contributed by atoms with E-state index in [9.17, 15) is 18.5 Å². The minimum Gasteiger partial charge on any atom is -0.280 e. The molecule has 0 bridgehead atoms. The fraction of sp³-hybridized carbons (Fsp3) is 0.150. The molecule has 0 radical (unpaired) electrons. The van der Waals surface area contributed by atoms with Crippen LogP contribution in [0.5, 0.6) is 0 Å². The lowest BCUT2D eigenvalue weighted by Gasteiger charge is -2.09. The van der Waals surface area contributed by atoms with Crippen LogP contribution in [-0.2, 0) is 14.8 Å². The van der Waals surface area contributed by atoms with Gasteiger partial charge in [-0.3, -0.25) is 9.52 Å². The summed E-state index contributed by atoms with van der Waals surface area (Å²) in [4.78, 5) is 12.3. The molecule has 0 aliphatic rings. The van der Waals surface area contributed by atoms with Crippen molar-refractivity contribution in [2.24, 2.45) is 5.10 Å². The van der Waals surface area contributed by atoms with Crippen LogP contribution in [0.3, 0.4) is 0 Å². The maximum Gasteiger partial charge on any atom is 0.283 e. The van der Waals surface area contributed by atoms with Gasteiger partial charge in [-0.2, -0.15) is 10.4 Å². The van der Waals surface area contributed by atoms with Crippen molar-refractivity contribution in [3.05, 3.63) is 68.9 Å². The van der Waals surface area contributed by atoms with Crippen LogP contribution in [0, 0.1) is 11.3 Å². The molecule has 0 aliphatic carbocycles. The van der Waals surface area contributed by atoms with Crippen LogP contribution in [0.1, 0.15) is 12.5 Å². The molecule has 0 atom stereocenters. The number of hydrogen-bond acceptors (Lipinski definition) is 7. The molecule has 0 spiro atoms. The number of nitrogens with zero attached hydrogens (tertiary/aromatic N) is 2. The van der Waals surface area contributed by atoms with Gasteiger partial charge in [-0.15, -0.1) is 23.5 Å². The molecule has 0 saturated carbocycles. The molecule has 2 rings (SSSR count). The van der Waals surface area contributed by atoms with E-state index in [1.165, 1.54) is 47.8 Å². The summed E-state index contributed by atoms with van der Waals surface area (Å²) in [5.74, 6) is -0.590. The van der Waals surface area contributed by atoms with Gasteiger partial charge in [-0.1, -0.05) is 23.7 Å². The number of nitriles is 1. The molecule has 11 heteroatoms. The molecule has 0 aliphatic heterocycles. The van der Waals surface area contributed by atoms with E-state index in [1.807, 2.05) is 6.07 Å². The van der Waals surface area contributed by atoms with Crippen LogP contribution < -0.4 is 10.1 Å². The van der Waals surface area contributed by atoms with Gasteiger partial charge in [-0.25, -0.2) is 13.8 Å². The minimum atomic E-state index is -3.75. The lowest BCUT2D eigenvalue weighted by atomic mass is 10.1. The van der Waals surface area contributed by atoms with Crippen molar-refractivity contribution in [2.75, 3.05) is 17.2 Å². The molecular weight excluding hydrogens is 476 g/mol. The average Bonchev–Trinajstić information content (AvgIpc) is 2.76. The van der Waals surface area contributed by atoms with E-state index < -0.39 is 15.9 Å². The van der Waals surface area contributed by atoms with E-state index in [-0.39, 0.29) is 10.5 Å². The van der Waals surface area contributed by atoms with Gasteiger partial charge in [0.2, 0.25) is 0 Å². The summed E-state index contributed by atoms with van der Waals surface area (Å²) in [6.07, 6.45) is 3.57. The number of benzene rings is 2. The van der Waals surface area contributed by atoms with Crippen LogP contribution in [0.2, 0.25) is 5.02 Å². The fourth-order valence-electron chi connectivity index (χ4n) is 2.34. The number of halogens is 1. The third-order valence-electron chi connectivity index (χ3n) is 3.92. The Hall–Kier alpha value is -2.45. The summed E-state index contributed by atoms with van der Waals surface area (Å²) < 4.78 is 28.0. The van der Waals surface area contributed by atoms with Gasteiger partial charge in [0.05, 0.1) is 14.8 Å². The molecule has 0 unspecified atom stereocenters. The van der Waals surface area contributed by atoms with E-state index in [0.29, 0.717) is 26.2 Å². The van der Waals surface area contributed by atoms with Crippen molar-refractivity contribution in [1.29, 1.82) is 5.26 Å². The topological polar surface area (TPSA) is 111 Å². The smallest absolute Gasteiger partial charge is 0.280 e. The quantitative estimate of drug-likeness (QED) is 0.243. The van der Waals surface area contributed by atoms with Crippen molar-refractivity contribution < 1.29 is 13.2 Å². The number of anilines is 1. The van der Waals surface area contributed by atoms with E-state index in [1.54, 1.807) is 43.7 Å². The zero-order valence-corrected chi connectivity index (χ0v) is 20.0. The summed E-state index contributed by atoms with van der Waals surface area (Å²) in [5.41, 5.74) is 3.92. The molecule has 0 heterocycles. The summed E-state index contributed by atoms with van der Waals surface area (Å²) in [6, 6.07) is 14.2. The third kappa shape index (κ3) is 6.77. The van der Waals surface area contributed by atoms with Gasteiger partial charge >= 0.3 is 0 Å². The number of sulfonamides is 1. The van der Waals surface area contributed by atoms with E-state index in [0.717, 1.165) is 0 Å². The average molecular weight is 495 g/mol. The van der Waals surface area contributed by atoms with Crippen LogP contribution in [0.25, 0.3) is 0 Å². The zero-order chi connectivity index (χ0) is 23.0. The molecular formula is C20H19ClN4O3S3. The highest BCUT2D eigenvalue weighted by Gasteiger charge is 2.15. The van der Waals surface area contributed by atoms with Crippen molar-refractivity contribution in [1.82, 2.24) is 5.43 Å². The largest absolute Gasteiger partial charge is 0.283 e. The summed E-state index contributed by atoms with van der Waals surface area (Å²) in [5, 5.41) is 13.7. The molecule has 2 aromatic rings. The second kappa shape index (κ2) is 11.2. The van der Waals surface area contributed by atoms with Gasteiger partial charge < -0.3 is 0 Å². The second-order valence-corrected chi connectivity index (χ2v) is 9.97. The first-order valence-electron chi connectivity index (χ1n) is 8.67. The van der Waals surface area contributed by atoms with Crippen LogP contribution in [-0.4, -0.2) is 32.5 Å². The van der Waals surface area contributed by atoms with Gasteiger partial charge in [0.1, 0.15) is 11.6 Å². The lowest BCUT2D eigenvalue weighted by molar-refractivity contribution is -0.117. The molecule has 2 N–H and O–H groups in total. The Morgan fingerprint density at radius 3 is 2.16 bits per heavy atom. The van der Waals surface area contributed by atoms with Gasteiger partial charge in [0.15, 0.2) is 0 Å². The number of amides is 1. The number of carbonyl (C=O) groups is 1. The van der Waals surface area contributed by atoms with Crippen LogP contribution in [0.15, 0.2) is 68.3 Å². The van der Waals surface area contributed by atoms with E-state index >= 15 is 0 Å². The van der Waals surface area contributed by atoms with Gasteiger partial charge in [-0.05, 0) is 61.4 Å². The number of rotatable bonds is 8. The van der Waals surface area contributed by atoms with E-state index in [2.05, 4.69) is 15.2 Å². The molecule has 162 valence electrons. The Morgan fingerprint density at radius 2 is 1.65 bits per heavy atom. The minimum absolute atomic E-state index is 0.00324. The first-order valence-corrected chi connectivity index (χ1v) is 13.0. The molecule has 7 nitrogen and oxygen atoms in total. The van der Waals surface area contributed by atoms with Crippen molar-refractivity contribution in [3.8, 4) is 6.07 Å². The zero-order valence-electron chi connectivity index (χ0n) is 16.8. The Bertz CT molecular complexity index is 1150. The molecule has 31 heavy (non-hydrogen) atoms. The van der Waals surface area contributed by atoms with Gasteiger partial charge in [0.25, 0.3) is 15.9 Å². The Morgan fingerprint density at radius 1 is 1.06 bits per heavy atom. The molecule has 0 saturated heterocycles. The first-order chi connectivity index (χ1) is 14.7. The Labute approximate surface area is 195 Å². The molecule has 1 amide bonds. The fourth-order valence-corrected chi connectivity index (χ4v) is 4.88. The highest BCUT2D eigenvalue weighted by atomic mass is 35.5. The number of thioether (sulfide) groups is 2. The maximum absolute atomic E-state index is 12.4. The molecule has 0 aromatic heterocycles. The van der Waals surface area contributed by atoms with E-state index in [4.69, 9.17) is 11.6 Å². The predicted molar refractivity (Wildman–Crippen MR) is 129 cm³/mol. The maximum atomic E-state index is 12.4. The Balaban J connectivity index is 2.12.